The second kappa shape index (κ2) is 2.43. The molecule has 0 unspecified atom stereocenters. The number of hydrogen-bond donors (Lipinski definition) is 2. The fourth-order valence-corrected chi connectivity index (χ4v) is 1.62. The van der Waals surface area contributed by atoms with Crippen LogP contribution in [0.2, 0.25) is 0 Å². The van der Waals surface area contributed by atoms with Crippen LogP contribution in [-0.4, -0.2) is 23.7 Å². The molecular formula is C6H9N5S. The lowest BCUT2D eigenvalue weighted by Gasteiger charge is -2.10. The number of H-pyrrole nitrogens is 1. The molecule has 3 N–H and O–H groups in total. The number of aromatic nitrogens is 2. The van der Waals surface area contributed by atoms with Crippen molar-refractivity contribution >= 4 is 23.7 Å². The molecule has 0 atom stereocenters. The van der Waals surface area contributed by atoms with E-state index in [1.165, 1.54) is 0 Å². The molecule has 0 spiro atoms. The lowest BCUT2D eigenvalue weighted by molar-refractivity contribution is 0.853. The van der Waals surface area contributed by atoms with Gasteiger partial charge in [-0.1, -0.05) is 12.2 Å². The second-order valence-electron chi connectivity index (χ2n) is 2.71. The standard InChI is InChI=1S/C6H9N5S/c1-10-3-11(7)5-4(10)6(12)9-2-8-5/h2H,3,7H2,1H3,(H,8,9,12). The van der Waals surface area contributed by atoms with E-state index in [2.05, 4.69) is 9.97 Å². The van der Waals surface area contributed by atoms with Gasteiger partial charge in [-0.05, 0) is 0 Å². The summed E-state index contributed by atoms with van der Waals surface area (Å²) in [4.78, 5) is 8.88. The molecule has 0 radical (unpaired) electrons. The maximum atomic E-state index is 5.69. The molecule has 6 heteroatoms. The summed E-state index contributed by atoms with van der Waals surface area (Å²) < 4.78 is 0.583. The molecule has 1 aliphatic rings. The van der Waals surface area contributed by atoms with Gasteiger partial charge in [0.15, 0.2) is 4.64 Å². The monoisotopic (exact) mass is 183 g/mol. The Labute approximate surface area is 74.8 Å². The molecule has 1 aromatic rings. The molecule has 12 heavy (non-hydrogen) atoms. The highest BCUT2D eigenvalue weighted by Gasteiger charge is 2.22. The van der Waals surface area contributed by atoms with Crippen molar-refractivity contribution in [2.75, 3.05) is 23.6 Å². The summed E-state index contributed by atoms with van der Waals surface area (Å²) in [5.74, 6) is 6.52. The molecule has 1 aromatic heterocycles. The van der Waals surface area contributed by atoms with Gasteiger partial charge in [0.1, 0.15) is 18.2 Å². The van der Waals surface area contributed by atoms with Gasteiger partial charge in [0.05, 0.1) is 6.33 Å². The molecule has 2 heterocycles. The third-order valence-corrected chi connectivity index (χ3v) is 2.14. The fraction of sp³-hybridized carbons (Fsp3) is 0.333. The van der Waals surface area contributed by atoms with Crippen molar-refractivity contribution in [3.63, 3.8) is 0 Å². The molecule has 2 rings (SSSR count). The molecule has 0 fully saturated rings. The van der Waals surface area contributed by atoms with Gasteiger partial charge >= 0.3 is 0 Å². The van der Waals surface area contributed by atoms with Crippen molar-refractivity contribution < 1.29 is 0 Å². The normalized spacial score (nSPS) is 15.2. The van der Waals surface area contributed by atoms with Gasteiger partial charge in [0.2, 0.25) is 0 Å². The first-order valence-electron chi connectivity index (χ1n) is 3.51. The van der Waals surface area contributed by atoms with E-state index in [1.54, 1.807) is 11.3 Å². The van der Waals surface area contributed by atoms with Crippen molar-refractivity contribution in [1.29, 1.82) is 0 Å². The van der Waals surface area contributed by atoms with Crippen LogP contribution in [0.1, 0.15) is 0 Å². The minimum atomic E-state index is 0.583. The van der Waals surface area contributed by atoms with E-state index in [4.69, 9.17) is 18.1 Å². The Morgan fingerprint density at radius 3 is 3.17 bits per heavy atom. The number of aromatic amines is 1. The number of nitrogens with two attached hydrogens (primary N) is 1. The SMILES string of the molecule is CN1CN(N)c2[nH]cnc(=S)c21. The maximum absolute atomic E-state index is 5.69. The Kier molecular flexibility index (Phi) is 1.52. The first-order valence-corrected chi connectivity index (χ1v) is 3.92. The van der Waals surface area contributed by atoms with Gasteiger partial charge in [-0.25, -0.2) is 10.8 Å². The summed E-state index contributed by atoms with van der Waals surface area (Å²) in [5, 5.41) is 1.60. The zero-order chi connectivity index (χ0) is 8.72. The Bertz CT molecular complexity index is 359. The van der Waals surface area contributed by atoms with Crippen LogP contribution in [0.15, 0.2) is 6.33 Å². The van der Waals surface area contributed by atoms with Crippen LogP contribution in [-0.2, 0) is 0 Å². The van der Waals surface area contributed by atoms with E-state index in [0.717, 1.165) is 11.5 Å². The largest absolute Gasteiger partial charge is 0.350 e. The third-order valence-electron chi connectivity index (χ3n) is 1.84. The number of rotatable bonds is 0. The zero-order valence-corrected chi connectivity index (χ0v) is 7.43. The number of anilines is 2. The minimum absolute atomic E-state index is 0.583. The van der Waals surface area contributed by atoms with E-state index in [-0.39, 0.29) is 0 Å². The van der Waals surface area contributed by atoms with Crippen LogP contribution in [0.25, 0.3) is 0 Å². The fourth-order valence-electron chi connectivity index (χ4n) is 1.32. The highest BCUT2D eigenvalue weighted by atomic mass is 32.1. The second-order valence-corrected chi connectivity index (χ2v) is 3.10. The minimum Gasteiger partial charge on any atom is -0.350 e. The highest BCUT2D eigenvalue weighted by Crippen LogP contribution is 2.30. The van der Waals surface area contributed by atoms with Gasteiger partial charge in [-0.3, -0.25) is 5.01 Å². The molecule has 0 saturated carbocycles. The molecule has 0 saturated heterocycles. The third kappa shape index (κ3) is 0.886. The summed E-state index contributed by atoms with van der Waals surface area (Å²) in [6.07, 6.45) is 1.56. The molecule has 64 valence electrons. The van der Waals surface area contributed by atoms with Crippen LogP contribution >= 0.6 is 12.2 Å². The predicted molar refractivity (Wildman–Crippen MR) is 49.4 cm³/mol. The van der Waals surface area contributed by atoms with Gasteiger partial charge in [0, 0.05) is 7.05 Å². The van der Waals surface area contributed by atoms with E-state index in [0.29, 0.717) is 11.3 Å². The molecule has 0 aromatic carbocycles. The molecule has 0 bridgehead atoms. The predicted octanol–water partition coefficient (Wildman–Crippen LogP) is 0.227. The van der Waals surface area contributed by atoms with Gasteiger partial charge in [0.25, 0.3) is 0 Å². The smallest absolute Gasteiger partial charge is 0.155 e. The van der Waals surface area contributed by atoms with E-state index in [1.807, 2.05) is 11.9 Å². The van der Waals surface area contributed by atoms with Crippen LogP contribution in [0, 0.1) is 4.64 Å². The Hall–Kier alpha value is -1.14. The van der Waals surface area contributed by atoms with Crippen molar-refractivity contribution in [3.05, 3.63) is 11.0 Å². The van der Waals surface area contributed by atoms with E-state index in [9.17, 15) is 0 Å². The summed E-state index contributed by atoms with van der Waals surface area (Å²) in [7, 11) is 1.93. The molecular weight excluding hydrogens is 174 g/mol. The average Bonchev–Trinajstić information content (AvgIpc) is 2.29. The van der Waals surface area contributed by atoms with Crippen molar-refractivity contribution in [3.8, 4) is 0 Å². The van der Waals surface area contributed by atoms with Gasteiger partial charge in [-0.2, -0.15) is 0 Å². The Balaban J connectivity index is 2.67. The van der Waals surface area contributed by atoms with Crippen LogP contribution in [0.4, 0.5) is 11.5 Å². The first-order chi connectivity index (χ1) is 5.70. The van der Waals surface area contributed by atoms with E-state index >= 15 is 0 Å². The van der Waals surface area contributed by atoms with Crippen LogP contribution in [0.3, 0.4) is 0 Å². The highest BCUT2D eigenvalue weighted by molar-refractivity contribution is 7.71. The van der Waals surface area contributed by atoms with Crippen LogP contribution < -0.4 is 15.8 Å². The number of nitrogens with one attached hydrogen (secondary N) is 1. The number of hydrogen-bond acceptors (Lipinski definition) is 5. The molecule has 0 aliphatic carbocycles. The summed E-state index contributed by atoms with van der Waals surface area (Å²) >= 11 is 5.05. The molecule has 0 amide bonds. The molecule has 1 aliphatic heterocycles. The first kappa shape index (κ1) is 7.51. The van der Waals surface area contributed by atoms with Gasteiger partial charge in [-0.15, -0.1) is 0 Å². The average molecular weight is 183 g/mol. The Morgan fingerprint density at radius 1 is 1.75 bits per heavy atom. The zero-order valence-electron chi connectivity index (χ0n) is 6.61. The number of nitrogens with zero attached hydrogens (tertiary/aromatic N) is 3. The quantitative estimate of drug-likeness (QED) is 0.445. The van der Waals surface area contributed by atoms with Crippen molar-refractivity contribution in [2.24, 2.45) is 5.84 Å². The summed E-state index contributed by atoms with van der Waals surface area (Å²) in [5.41, 5.74) is 0.898. The lowest BCUT2D eigenvalue weighted by atomic mass is 10.5. The maximum Gasteiger partial charge on any atom is 0.155 e. The summed E-state index contributed by atoms with van der Waals surface area (Å²) in [6, 6.07) is 0. The lowest BCUT2D eigenvalue weighted by Crippen LogP contribution is -2.34. The summed E-state index contributed by atoms with van der Waals surface area (Å²) in [6.45, 7) is 0.640. The Morgan fingerprint density at radius 2 is 2.50 bits per heavy atom. The number of fused-ring (bicyclic) bond motifs is 1. The van der Waals surface area contributed by atoms with Crippen molar-refractivity contribution in [2.45, 2.75) is 0 Å². The topological polar surface area (TPSA) is 61.2 Å². The van der Waals surface area contributed by atoms with E-state index < -0.39 is 0 Å². The molecule has 5 nitrogen and oxygen atoms in total. The van der Waals surface area contributed by atoms with Crippen LogP contribution in [0.5, 0.6) is 0 Å². The number of hydrazine groups is 1. The van der Waals surface area contributed by atoms with Crippen molar-refractivity contribution in [1.82, 2.24) is 9.97 Å². The van der Waals surface area contributed by atoms with Gasteiger partial charge < -0.3 is 9.88 Å².